The Balaban J connectivity index is 1.76. The number of nitrogens with zero attached hydrogens (tertiary/aromatic N) is 1. The van der Waals surface area contributed by atoms with Crippen LogP contribution < -0.4 is 10.2 Å². The molecule has 1 aromatic carbocycles. The maximum atomic E-state index is 6.23. The van der Waals surface area contributed by atoms with Crippen molar-refractivity contribution < 1.29 is 4.74 Å². The van der Waals surface area contributed by atoms with Crippen LogP contribution in [-0.4, -0.2) is 32.3 Å². The van der Waals surface area contributed by atoms with Crippen LogP contribution >= 0.6 is 11.6 Å². The first-order valence-electron chi connectivity index (χ1n) is 7.97. The summed E-state index contributed by atoms with van der Waals surface area (Å²) in [4.78, 5) is 2.43. The summed E-state index contributed by atoms with van der Waals surface area (Å²) in [6, 6.07) is 6.98. The molecule has 2 atom stereocenters. The molecular formula is C17H25ClN2O. The molecule has 2 unspecified atom stereocenters. The molecule has 1 heterocycles. The van der Waals surface area contributed by atoms with Crippen molar-refractivity contribution in [3.63, 3.8) is 0 Å². The lowest BCUT2D eigenvalue weighted by atomic mass is 9.95. The highest BCUT2D eigenvalue weighted by atomic mass is 35.5. The highest BCUT2D eigenvalue weighted by Crippen LogP contribution is 2.30. The smallest absolute Gasteiger partial charge is 0.0772 e. The number of halogens is 1. The minimum Gasteiger partial charge on any atom is -0.379 e. The van der Waals surface area contributed by atoms with Crippen molar-refractivity contribution in [1.82, 2.24) is 5.32 Å². The largest absolute Gasteiger partial charge is 0.379 e. The fraction of sp³-hybridized carbons (Fsp3) is 0.647. The van der Waals surface area contributed by atoms with E-state index in [9.17, 15) is 0 Å². The molecule has 2 aliphatic rings. The van der Waals surface area contributed by atoms with Crippen molar-refractivity contribution in [2.45, 2.75) is 44.9 Å². The van der Waals surface area contributed by atoms with Gasteiger partial charge in [-0.05, 0) is 42.9 Å². The van der Waals surface area contributed by atoms with Crippen LogP contribution in [0.2, 0.25) is 5.02 Å². The Morgan fingerprint density at radius 2 is 2.14 bits per heavy atom. The average Bonchev–Trinajstić information content (AvgIpc) is 3.31. The van der Waals surface area contributed by atoms with Gasteiger partial charge in [0.25, 0.3) is 0 Å². The van der Waals surface area contributed by atoms with Gasteiger partial charge in [-0.1, -0.05) is 24.6 Å². The third-order valence-corrected chi connectivity index (χ3v) is 4.97. The molecule has 1 aliphatic carbocycles. The molecule has 1 aliphatic heterocycles. The minimum atomic E-state index is 0.307. The van der Waals surface area contributed by atoms with Crippen LogP contribution in [0.4, 0.5) is 5.69 Å². The SMILES string of the molecule is COC1CN(c2cc(Cl)ccc2CNC2CC2)CCC1C. The van der Waals surface area contributed by atoms with Gasteiger partial charge in [-0.15, -0.1) is 0 Å². The molecule has 3 rings (SSSR count). The molecule has 4 heteroatoms. The van der Waals surface area contributed by atoms with Gasteiger partial charge in [0.15, 0.2) is 0 Å². The van der Waals surface area contributed by atoms with E-state index in [1.807, 2.05) is 13.2 Å². The van der Waals surface area contributed by atoms with Crippen LogP contribution in [0.15, 0.2) is 18.2 Å². The summed E-state index contributed by atoms with van der Waals surface area (Å²) in [6.45, 7) is 5.24. The van der Waals surface area contributed by atoms with E-state index in [0.717, 1.165) is 30.7 Å². The van der Waals surface area contributed by atoms with E-state index in [2.05, 4.69) is 29.3 Å². The molecule has 3 nitrogen and oxygen atoms in total. The first kappa shape index (κ1) is 15.1. The molecule has 1 saturated heterocycles. The van der Waals surface area contributed by atoms with Gasteiger partial charge in [0.1, 0.15) is 0 Å². The Morgan fingerprint density at radius 1 is 1.33 bits per heavy atom. The van der Waals surface area contributed by atoms with Crippen molar-refractivity contribution in [3.05, 3.63) is 28.8 Å². The van der Waals surface area contributed by atoms with Crippen molar-refractivity contribution >= 4 is 17.3 Å². The molecule has 1 N–H and O–H groups in total. The number of hydrogen-bond acceptors (Lipinski definition) is 3. The second-order valence-electron chi connectivity index (χ2n) is 6.41. The molecule has 0 amide bonds. The second-order valence-corrected chi connectivity index (χ2v) is 6.85. The number of methoxy groups -OCH3 is 1. The Labute approximate surface area is 132 Å². The van der Waals surface area contributed by atoms with Gasteiger partial charge in [0.05, 0.1) is 6.10 Å². The molecule has 1 aromatic rings. The zero-order chi connectivity index (χ0) is 14.8. The standard InChI is InChI=1S/C17H25ClN2O/c1-12-7-8-20(11-17(12)21-2)16-9-14(18)4-3-13(16)10-19-15-5-6-15/h3-4,9,12,15,17,19H,5-8,10-11H2,1-2H3. The lowest BCUT2D eigenvalue weighted by molar-refractivity contribution is 0.0498. The zero-order valence-electron chi connectivity index (χ0n) is 12.9. The zero-order valence-corrected chi connectivity index (χ0v) is 13.7. The molecule has 21 heavy (non-hydrogen) atoms. The fourth-order valence-corrected chi connectivity index (χ4v) is 3.25. The molecule has 0 bridgehead atoms. The molecule has 0 aromatic heterocycles. The van der Waals surface area contributed by atoms with Crippen LogP contribution in [0.5, 0.6) is 0 Å². The predicted molar refractivity (Wildman–Crippen MR) is 88.1 cm³/mol. The maximum absolute atomic E-state index is 6.23. The summed E-state index contributed by atoms with van der Waals surface area (Å²) >= 11 is 6.23. The van der Waals surface area contributed by atoms with Gasteiger partial charge in [-0.3, -0.25) is 0 Å². The normalized spacial score (nSPS) is 26.1. The molecule has 1 saturated carbocycles. The summed E-state index contributed by atoms with van der Waals surface area (Å²) in [6.07, 6.45) is 4.11. The van der Waals surface area contributed by atoms with E-state index in [1.165, 1.54) is 30.5 Å². The van der Waals surface area contributed by atoms with Gasteiger partial charge >= 0.3 is 0 Å². The van der Waals surface area contributed by atoms with Gasteiger partial charge in [0, 0.05) is 43.5 Å². The monoisotopic (exact) mass is 308 g/mol. The Morgan fingerprint density at radius 3 is 2.86 bits per heavy atom. The van der Waals surface area contributed by atoms with E-state index in [4.69, 9.17) is 16.3 Å². The van der Waals surface area contributed by atoms with Crippen LogP contribution in [-0.2, 0) is 11.3 Å². The van der Waals surface area contributed by atoms with Gasteiger partial charge in [-0.25, -0.2) is 0 Å². The van der Waals surface area contributed by atoms with Crippen LogP contribution in [0.25, 0.3) is 0 Å². The fourth-order valence-electron chi connectivity index (χ4n) is 3.08. The van der Waals surface area contributed by atoms with E-state index in [-0.39, 0.29) is 0 Å². The lowest BCUT2D eigenvalue weighted by Crippen LogP contribution is -2.44. The third-order valence-electron chi connectivity index (χ3n) is 4.74. The van der Waals surface area contributed by atoms with Gasteiger partial charge < -0.3 is 15.0 Å². The van der Waals surface area contributed by atoms with Gasteiger partial charge in [-0.2, -0.15) is 0 Å². The number of piperidine rings is 1. The number of rotatable bonds is 5. The quantitative estimate of drug-likeness (QED) is 0.901. The summed E-state index contributed by atoms with van der Waals surface area (Å²) in [5.74, 6) is 0.624. The first-order valence-corrected chi connectivity index (χ1v) is 8.34. The van der Waals surface area contributed by atoms with E-state index in [0.29, 0.717) is 12.0 Å². The topological polar surface area (TPSA) is 24.5 Å². The summed E-state index contributed by atoms with van der Waals surface area (Å²) in [5.41, 5.74) is 2.61. The molecule has 116 valence electrons. The van der Waals surface area contributed by atoms with Crippen LogP contribution in [0, 0.1) is 5.92 Å². The van der Waals surface area contributed by atoms with E-state index >= 15 is 0 Å². The highest BCUT2D eigenvalue weighted by molar-refractivity contribution is 6.30. The van der Waals surface area contributed by atoms with Crippen molar-refractivity contribution in [3.8, 4) is 0 Å². The summed E-state index contributed by atoms with van der Waals surface area (Å²) in [7, 11) is 1.82. The Kier molecular flexibility index (Phi) is 4.72. The third kappa shape index (κ3) is 3.71. The van der Waals surface area contributed by atoms with Crippen molar-refractivity contribution in [1.29, 1.82) is 0 Å². The second kappa shape index (κ2) is 6.55. The molecular weight excluding hydrogens is 284 g/mol. The summed E-state index contributed by atoms with van der Waals surface area (Å²) in [5, 5.41) is 4.42. The first-order chi connectivity index (χ1) is 10.2. The predicted octanol–water partition coefficient (Wildman–Crippen LogP) is 3.45. The Hall–Kier alpha value is -0.770. The lowest BCUT2D eigenvalue weighted by Gasteiger charge is -2.38. The van der Waals surface area contributed by atoms with E-state index in [1.54, 1.807) is 0 Å². The highest BCUT2D eigenvalue weighted by Gasteiger charge is 2.27. The number of hydrogen-bond donors (Lipinski definition) is 1. The molecule has 2 fully saturated rings. The van der Waals surface area contributed by atoms with Crippen molar-refractivity contribution in [2.24, 2.45) is 5.92 Å². The van der Waals surface area contributed by atoms with Gasteiger partial charge in [0.2, 0.25) is 0 Å². The Bertz CT molecular complexity index is 490. The van der Waals surface area contributed by atoms with Crippen molar-refractivity contribution in [2.75, 3.05) is 25.1 Å². The number of ether oxygens (including phenoxy) is 1. The molecule has 0 spiro atoms. The number of nitrogens with one attached hydrogen (secondary N) is 1. The number of benzene rings is 1. The average molecular weight is 309 g/mol. The summed E-state index contributed by atoms with van der Waals surface area (Å²) < 4.78 is 5.64. The van der Waals surface area contributed by atoms with E-state index < -0.39 is 0 Å². The minimum absolute atomic E-state index is 0.307. The number of anilines is 1. The molecule has 0 radical (unpaired) electrons. The maximum Gasteiger partial charge on any atom is 0.0772 e. The van der Waals surface area contributed by atoms with Crippen LogP contribution in [0.3, 0.4) is 0 Å². The van der Waals surface area contributed by atoms with Crippen LogP contribution in [0.1, 0.15) is 31.7 Å².